The quantitative estimate of drug-likeness (QED) is 0.629. The summed E-state index contributed by atoms with van der Waals surface area (Å²) in [5.41, 5.74) is 2.17. The Kier molecular flexibility index (Phi) is 4.83. The molecule has 0 spiro atoms. The van der Waals surface area contributed by atoms with Gasteiger partial charge >= 0.3 is 5.97 Å². The summed E-state index contributed by atoms with van der Waals surface area (Å²) in [7, 11) is 1.53. The Hall–Kier alpha value is -3.19. The van der Waals surface area contributed by atoms with Gasteiger partial charge in [-0.1, -0.05) is 11.6 Å². The van der Waals surface area contributed by atoms with Crippen LogP contribution in [0.1, 0.15) is 17.3 Å². The molecule has 1 aliphatic heterocycles. The fourth-order valence-electron chi connectivity index (χ4n) is 2.97. The van der Waals surface area contributed by atoms with Gasteiger partial charge in [-0.3, -0.25) is 4.98 Å². The van der Waals surface area contributed by atoms with Crippen LogP contribution in [0.15, 0.2) is 36.5 Å². The van der Waals surface area contributed by atoms with Gasteiger partial charge in [-0.25, -0.2) is 4.79 Å². The number of ether oxygens (including phenoxy) is 4. The molecule has 0 radical (unpaired) electrons. The molecule has 7 nitrogen and oxygen atoms in total. The molecule has 144 valence electrons. The summed E-state index contributed by atoms with van der Waals surface area (Å²) in [4.78, 5) is 16.9. The second kappa shape index (κ2) is 7.44. The van der Waals surface area contributed by atoms with Crippen LogP contribution in [-0.2, 0) is 4.74 Å². The molecule has 0 atom stereocenters. The topological polar surface area (TPSA) is 78.9 Å². The second-order valence-corrected chi connectivity index (χ2v) is 6.37. The summed E-state index contributed by atoms with van der Waals surface area (Å²) in [6.45, 7) is 2.19. The van der Waals surface area contributed by atoms with E-state index in [1.54, 1.807) is 31.2 Å². The van der Waals surface area contributed by atoms with Gasteiger partial charge in [0.2, 0.25) is 6.79 Å². The third kappa shape index (κ3) is 3.25. The van der Waals surface area contributed by atoms with Crippen molar-refractivity contribution >= 4 is 39.8 Å². The van der Waals surface area contributed by atoms with Crippen LogP contribution in [0.25, 0.3) is 10.9 Å². The molecule has 8 heteroatoms. The number of pyridine rings is 1. The number of aromatic nitrogens is 1. The van der Waals surface area contributed by atoms with Crippen LogP contribution in [0.4, 0.5) is 11.4 Å². The maximum atomic E-state index is 12.5. The summed E-state index contributed by atoms with van der Waals surface area (Å²) >= 11 is 6.22. The lowest BCUT2D eigenvalue weighted by atomic mass is 10.1. The highest BCUT2D eigenvalue weighted by Crippen LogP contribution is 2.39. The molecule has 1 N–H and O–H groups in total. The summed E-state index contributed by atoms with van der Waals surface area (Å²) in [6, 6.07) is 8.87. The molecular formula is C20H17ClN2O5. The first-order valence-corrected chi connectivity index (χ1v) is 8.98. The smallest absolute Gasteiger partial charge is 0.341 e. The molecule has 0 saturated heterocycles. The minimum atomic E-state index is -0.478. The predicted octanol–water partition coefficient (Wildman–Crippen LogP) is 4.55. The van der Waals surface area contributed by atoms with Crippen molar-refractivity contribution in [3.63, 3.8) is 0 Å². The molecule has 28 heavy (non-hydrogen) atoms. The highest BCUT2D eigenvalue weighted by molar-refractivity contribution is 6.33. The number of esters is 1. The number of hydrogen-bond acceptors (Lipinski definition) is 7. The van der Waals surface area contributed by atoms with Crippen molar-refractivity contribution in [2.24, 2.45) is 0 Å². The standard InChI is InChI=1S/C20H17ClN2O5/c1-3-26-20(24)13-9-22-15-8-14(21)17(25-2)7-12(15)19(13)23-11-4-5-16-18(6-11)28-10-27-16/h4-9H,3,10H2,1-2H3,(H,22,23). The van der Waals surface area contributed by atoms with Crippen molar-refractivity contribution < 1.29 is 23.7 Å². The van der Waals surface area contributed by atoms with Gasteiger partial charge in [0.05, 0.1) is 29.9 Å². The third-order valence-electron chi connectivity index (χ3n) is 4.28. The van der Waals surface area contributed by atoms with Gasteiger partial charge in [0.1, 0.15) is 11.3 Å². The number of carbonyl (C=O) groups excluding carboxylic acids is 1. The Morgan fingerprint density at radius 3 is 2.86 bits per heavy atom. The van der Waals surface area contributed by atoms with E-state index in [1.165, 1.54) is 13.3 Å². The first-order valence-electron chi connectivity index (χ1n) is 8.60. The largest absolute Gasteiger partial charge is 0.495 e. The van der Waals surface area contributed by atoms with Gasteiger partial charge in [-0.15, -0.1) is 0 Å². The van der Waals surface area contributed by atoms with E-state index in [9.17, 15) is 4.79 Å². The molecule has 1 aromatic heterocycles. The number of methoxy groups -OCH3 is 1. The highest BCUT2D eigenvalue weighted by atomic mass is 35.5. The number of benzene rings is 2. The van der Waals surface area contributed by atoms with Crippen LogP contribution < -0.4 is 19.5 Å². The Morgan fingerprint density at radius 1 is 1.25 bits per heavy atom. The zero-order valence-electron chi connectivity index (χ0n) is 15.2. The van der Waals surface area contributed by atoms with Gasteiger partial charge < -0.3 is 24.3 Å². The van der Waals surface area contributed by atoms with Crippen LogP contribution in [0.3, 0.4) is 0 Å². The van der Waals surface area contributed by atoms with E-state index in [0.29, 0.717) is 44.4 Å². The lowest BCUT2D eigenvalue weighted by Gasteiger charge is -2.15. The Morgan fingerprint density at radius 2 is 2.07 bits per heavy atom. The van der Waals surface area contributed by atoms with Gasteiger partial charge in [0, 0.05) is 23.3 Å². The van der Waals surface area contributed by atoms with Crippen molar-refractivity contribution in [1.29, 1.82) is 0 Å². The molecular weight excluding hydrogens is 384 g/mol. The van der Waals surface area contributed by atoms with Gasteiger partial charge in [-0.05, 0) is 31.2 Å². The molecule has 0 unspecified atom stereocenters. The highest BCUT2D eigenvalue weighted by Gasteiger charge is 2.20. The Bertz CT molecular complexity index is 1070. The molecule has 2 aromatic carbocycles. The van der Waals surface area contributed by atoms with Crippen molar-refractivity contribution in [1.82, 2.24) is 4.98 Å². The zero-order valence-corrected chi connectivity index (χ0v) is 16.0. The van der Waals surface area contributed by atoms with Crippen molar-refractivity contribution in [3.8, 4) is 17.2 Å². The summed E-state index contributed by atoms with van der Waals surface area (Å²) < 4.78 is 21.3. The summed E-state index contributed by atoms with van der Waals surface area (Å²) in [5, 5.41) is 4.38. The van der Waals surface area contributed by atoms with Crippen molar-refractivity contribution in [2.45, 2.75) is 6.92 Å². The van der Waals surface area contributed by atoms with Crippen LogP contribution in [0.2, 0.25) is 5.02 Å². The average Bonchev–Trinajstić information content (AvgIpc) is 3.15. The monoisotopic (exact) mass is 400 g/mol. The average molecular weight is 401 g/mol. The van der Waals surface area contributed by atoms with E-state index in [4.69, 9.17) is 30.5 Å². The first kappa shape index (κ1) is 18.2. The Balaban J connectivity index is 1.86. The number of halogens is 1. The fraction of sp³-hybridized carbons (Fsp3) is 0.200. The van der Waals surface area contributed by atoms with E-state index in [2.05, 4.69) is 10.3 Å². The van der Waals surface area contributed by atoms with Gasteiger partial charge in [0.15, 0.2) is 11.5 Å². The number of nitrogens with zero attached hydrogens (tertiary/aromatic N) is 1. The van der Waals surface area contributed by atoms with Crippen LogP contribution in [-0.4, -0.2) is 31.5 Å². The van der Waals surface area contributed by atoms with E-state index in [0.717, 1.165) is 5.69 Å². The fourth-order valence-corrected chi connectivity index (χ4v) is 3.20. The zero-order chi connectivity index (χ0) is 19.7. The van der Waals surface area contributed by atoms with Crippen LogP contribution in [0, 0.1) is 0 Å². The van der Waals surface area contributed by atoms with E-state index < -0.39 is 5.97 Å². The lowest BCUT2D eigenvalue weighted by Crippen LogP contribution is -2.09. The number of hydrogen-bond donors (Lipinski definition) is 1. The van der Waals surface area contributed by atoms with Crippen molar-refractivity contribution in [3.05, 3.63) is 47.1 Å². The minimum Gasteiger partial charge on any atom is -0.495 e. The maximum Gasteiger partial charge on any atom is 0.341 e. The van der Waals surface area contributed by atoms with Gasteiger partial charge in [-0.2, -0.15) is 0 Å². The molecule has 0 fully saturated rings. The number of rotatable bonds is 5. The molecule has 3 aromatic rings. The SMILES string of the molecule is CCOC(=O)c1cnc2cc(Cl)c(OC)cc2c1Nc1ccc2c(c1)OCO2. The molecule has 0 saturated carbocycles. The minimum absolute atomic E-state index is 0.181. The van der Waals surface area contributed by atoms with Crippen molar-refractivity contribution in [2.75, 3.05) is 25.8 Å². The maximum absolute atomic E-state index is 12.5. The van der Waals surface area contributed by atoms with Crippen LogP contribution >= 0.6 is 11.6 Å². The first-order chi connectivity index (χ1) is 13.6. The predicted molar refractivity (Wildman–Crippen MR) is 105 cm³/mol. The molecule has 0 amide bonds. The number of fused-ring (bicyclic) bond motifs is 2. The van der Waals surface area contributed by atoms with Crippen LogP contribution in [0.5, 0.6) is 17.2 Å². The van der Waals surface area contributed by atoms with Gasteiger partial charge in [0.25, 0.3) is 0 Å². The summed E-state index contributed by atoms with van der Waals surface area (Å²) in [5.74, 6) is 1.30. The summed E-state index contributed by atoms with van der Waals surface area (Å²) in [6.07, 6.45) is 1.47. The number of nitrogens with one attached hydrogen (secondary N) is 1. The molecule has 0 bridgehead atoms. The number of anilines is 2. The molecule has 2 heterocycles. The Labute approximate surface area is 166 Å². The third-order valence-corrected chi connectivity index (χ3v) is 4.57. The molecule has 4 rings (SSSR count). The van der Waals surface area contributed by atoms with E-state index in [1.807, 2.05) is 6.07 Å². The normalized spacial score (nSPS) is 12.1. The molecule has 0 aliphatic carbocycles. The second-order valence-electron chi connectivity index (χ2n) is 5.96. The molecule has 1 aliphatic rings. The number of carbonyl (C=O) groups is 1. The van der Waals surface area contributed by atoms with E-state index >= 15 is 0 Å². The van der Waals surface area contributed by atoms with E-state index in [-0.39, 0.29) is 13.4 Å². The lowest BCUT2D eigenvalue weighted by molar-refractivity contribution is 0.0527.